The van der Waals surface area contributed by atoms with E-state index in [1.807, 2.05) is 25.1 Å². The van der Waals surface area contributed by atoms with Gasteiger partial charge in [0.15, 0.2) is 6.61 Å². The Morgan fingerprint density at radius 3 is 2.69 bits per heavy atom. The first-order chi connectivity index (χ1) is 12.6. The first kappa shape index (κ1) is 18.7. The van der Waals surface area contributed by atoms with Crippen LogP contribution in [-0.2, 0) is 9.59 Å². The number of ether oxygens (including phenoxy) is 1. The first-order valence-electron chi connectivity index (χ1n) is 10.0. The van der Waals surface area contributed by atoms with E-state index in [1.165, 1.54) is 19.3 Å². The number of hydrogen-bond acceptors (Lipinski definition) is 3. The van der Waals surface area contributed by atoms with Crippen molar-refractivity contribution in [1.29, 1.82) is 0 Å². The lowest BCUT2D eigenvalue weighted by Gasteiger charge is -2.29. The fraction of sp³-hybridized carbons (Fsp3) is 0.619. The van der Waals surface area contributed by atoms with E-state index < -0.39 is 0 Å². The van der Waals surface area contributed by atoms with E-state index in [1.54, 1.807) is 4.90 Å². The molecule has 1 heterocycles. The quantitative estimate of drug-likeness (QED) is 0.821. The molecular formula is C21H30N2O3. The van der Waals surface area contributed by atoms with Crippen LogP contribution in [-0.4, -0.2) is 25.0 Å². The van der Waals surface area contributed by atoms with Gasteiger partial charge >= 0.3 is 0 Å². The number of carbonyl (C=O) groups excluding carboxylic acids is 2. The molecule has 0 unspecified atom stereocenters. The van der Waals surface area contributed by atoms with E-state index >= 15 is 0 Å². The molecule has 1 aromatic rings. The van der Waals surface area contributed by atoms with E-state index in [2.05, 4.69) is 12.2 Å². The maximum atomic E-state index is 12.6. The molecule has 0 bridgehead atoms. The Morgan fingerprint density at radius 1 is 1.23 bits per heavy atom. The van der Waals surface area contributed by atoms with Crippen LogP contribution in [0, 0.1) is 11.8 Å². The van der Waals surface area contributed by atoms with Crippen LogP contribution < -0.4 is 15.0 Å². The SMILES string of the molecule is CCCCC1CCC(C(=O)Nc2ccc3c(c2)N(CC)C(=O)CO3)CC1. The molecule has 0 radical (unpaired) electrons. The molecule has 0 spiro atoms. The molecule has 0 aromatic heterocycles. The summed E-state index contributed by atoms with van der Waals surface area (Å²) in [4.78, 5) is 26.3. The topological polar surface area (TPSA) is 58.6 Å². The number of anilines is 2. The van der Waals surface area contributed by atoms with E-state index in [0.717, 1.165) is 43.0 Å². The molecule has 26 heavy (non-hydrogen) atoms. The summed E-state index contributed by atoms with van der Waals surface area (Å²) in [5.41, 5.74) is 1.48. The number of amides is 2. The van der Waals surface area contributed by atoms with Crippen molar-refractivity contribution in [1.82, 2.24) is 0 Å². The van der Waals surface area contributed by atoms with Crippen molar-refractivity contribution in [2.75, 3.05) is 23.4 Å². The Balaban J connectivity index is 1.60. The highest BCUT2D eigenvalue weighted by Crippen LogP contribution is 2.36. The van der Waals surface area contributed by atoms with E-state index in [9.17, 15) is 9.59 Å². The Hall–Kier alpha value is -2.04. The van der Waals surface area contributed by atoms with Gasteiger partial charge in [0.2, 0.25) is 5.91 Å². The molecular weight excluding hydrogens is 328 g/mol. The van der Waals surface area contributed by atoms with Crippen molar-refractivity contribution in [3.05, 3.63) is 18.2 Å². The molecule has 142 valence electrons. The summed E-state index contributed by atoms with van der Waals surface area (Å²) in [6.45, 7) is 4.84. The highest BCUT2D eigenvalue weighted by molar-refractivity contribution is 5.99. The number of nitrogens with one attached hydrogen (secondary N) is 1. The molecule has 3 rings (SSSR count). The van der Waals surface area contributed by atoms with Gasteiger partial charge in [-0.1, -0.05) is 26.2 Å². The first-order valence-corrected chi connectivity index (χ1v) is 10.0. The number of hydrogen-bond donors (Lipinski definition) is 1. The Labute approximate surface area is 156 Å². The molecule has 0 saturated heterocycles. The lowest BCUT2D eigenvalue weighted by atomic mass is 9.79. The number of carbonyl (C=O) groups is 2. The van der Waals surface area contributed by atoms with Gasteiger partial charge in [-0.05, 0) is 56.7 Å². The molecule has 1 N–H and O–H groups in total. The van der Waals surface area contributed by atoms with Gasteiger partial charge in [-0.3, -0.25) is 9.59 Å². The van der Waals surface area contributed by atoms with Gasteiger partial charge in [0, 0.05) is 18.2 Å². The summed E-state index contributed by atoms with van der Waals surface area (Å²) >= 11 is 0. The van der Waals surface area contributed by atoms with E-state index in [4.69, 9.17) is 4.74 Å². The maximum absolute atomic E-state index is 12.6. The smallest absolute Gasteiger partial charge is 0.265 e. The minimum atomic E-state index is -0.0473. The lowest BCUT2D eigenvalue weighted by molar-refractivity contribution is -0.121. The molecule has 1 aliphatic carbocycles. The van der Waals surface area contributed by atoms with Crippen LogP contribution in [0.4, 0.5) is 11.4 Å². The van der Waals surface area contributed by atoms with Crippen LogP contribution in [0.15, 0.2) is 18.2 Å². The number of rotatable bonds is 6. The second-order valence-corrected chi connectivity index (χ2v) is 7.46. The second kappa shape index (κ2) is 8.56. The molecule has 1 saturated carbocycles. The third-order valence-electron chi connectivity index (χ3n) is 5.67. The van der Waals surface area contributed by atoms with Gasteiger partial charge in [-0.25, -0.2) is 0 Å². The minimum Gasteiger partial charge on any atom is -0.482 e. The number of benzene rings is 1. The summed E-state index contributed by atoms with van der Waals surface area (Å²) in [5, 5.41) is 3.05. The minimum absolute atomic E-state index is 0.0473. The zero-order valence-corrected chi connectivity index (χ0v) is 15.9. The molecule has 1 fully saturated rings. The third kappa shape index (κ3) is 4.19. The molecule has 5 nitrogen and oxygen atoms in total. The van der Waals surface area contributed by atoms with Gasteiger partial charge in [0.25, 0.3) is 5.91 Å². The monoisotopic (exact) mass is 358 g/mol. The average Bonchev–Trinajstić information content (AvgIpc) is 2.66. The highest BCUT2D eigenvalue weighted by Gasteiger charge is 2.27. The van der Waals surface area contributed by atoms with Crippen LogP contribution in [0.3, 0.4) is 0 Å². The molecule has 2 amide bonds. The standard InChI is InChI=1S/C21H30N2O3/c1-3-5-6-15-7-9-16(10-8-15)21(25)22-17-11-12-19-18(13-17)23(4-2)20(24)14-26-19/h11-13,15-16H,3-10,14H2,1-2H3,(H,22,25). The fourth-order valence-electron chi connectivity index (χ4n) is 4.08. The summed E-state index contributed by atoms with van der Waals surface area (Å²) < 4.78 is 5.48. The van der Waals surface area contributed by atoms with Crippen LogP contribution in [0.2, 0.25) is 0 Å². The van der Waals surface area contributed by atoms with Crippen molar-refractivity contribution >= 4 is 23.2 Å². The van der Waals surface area contributed by atoms with Crippen LogP contribution >= 0.6 is 0 Å². The third-order valence-corrected chi connectivity index (χ3v) is 5.67. The van der Waals surface area contributed by atoms with Crippen LogP contribution in [0.5, 0.6) is 5.75 Å². The largest absolute Gasteiger partial charge is 0.482 e. The maximum Gasteiger partial charge on any atom is 0.265 e. The normalized spacial score (nSPS) is 22.5. The van der Waals surface area contributed by atoms with Gasteiger partial charge in [0.05, 0.1) is 5.69 Å². The van der Waals surface area contributed by atoms with Crippen molar-refractivity contribution in [3.8, 4) is 5.75 Å². The predicted octanol–water partition coefficient (Wildman–Crippen LogP) is 4.37. The zero-order chi connectivity index (χ0) is 18.5. The molecule has 1 aromatic carbocycles. The number of likely N-dealkylation sites (N-methyl/N-ethyl adjacent to an activating group) is 1. The Kier molecular flexibility index (Phi) is 6.17. The molecule has 5 heteroatoms. The Morgan fingerprint density at radius 2 is 2.00 bits per heavy atom. The van der Waals surface area contributed by atoms with Crippen molar-refractivity contribution in [2.45, 2.75) is 58.8 Å². The number of unbranched alkanes of at least 4 members (excludes halogenated alkanes) is 1. The summed E-state index contributed by atoms with van der Waals surface area (Å²) in [7, 11) is 0. The number of fused-ring (bicyclic) bond motifs is 1. The second-order valence-electron chi connectivity index (χ2n) is 7.46. The molecule has 0 atom stereocenters. The van der Waals surface area contributed by atoms with Crippen molar-refractivity contribution < 1.29 is 14.3 Å². The van der Waals surface area contributed by atoms with Crippen molar-refractivity contribution in [2.24, 2.45) is 11.8 Å². The van der Waals surface area contributed by atoms with Crippen LogP contribution in [0.1, 0.15) is 58.8 Å². The zero-order valence-electron chi connectivity index (χ0n) is 15.9. The highest BCUT2D eigenvalue weighted by atomic mass is 16.5. The van der Waals surface area contributed by atoms with Gasteiger partial charge in [-0.2, -0.15) is 0 Å². The lowest BCUT2D eigenvalue weighted by Crippen LogP contribution is -2.38. The fourth-order valence-corrected chi connectivity index (χ4v) is 4.08. The molecule has 1 aliphatic heterocycles. The van der Waals surface area contributed by atoms with Gasteiger partial charge in [-0.15, -0.1) is 0 Å². The Bertz CT molecular complexity index is 651. The average molecular weight is 358 g/mol. The summed E-state index contributed by atoms with van der Waals surface area (Å²) in [5.74, 6) is 1.65. The van der Waals surface area contributed by atoms with Crippen LogP contribution in [0.25, 0.3) is 0 Å². The predicted molar refractivity (Wildman–Crippen MR) is 104 cm³/mol. The summed E-state index contributed by atoms with van der Waals surface area (Å²) in [6, 6.07) is 5.54. The van der Waals surface area contributed by atoms with Gasteiger partial charge < -0.3 is 15.0 Å². The molecule has 2 aliphatic rings. The number of nitrogens with zero attached hydrogens (tertiary/aromatic N) is 1. The van der Waals surface area contributed by atoms with Crippen molar-refractivity contribution in [3.63, 3.8) is 0 Å². The van der Waals surface area contributed by atoms with Gasteiger partial charge in [0.1, 0.15) is 5.75 Å². The van der Waals surface area contributed by atoms with E-state index in [0.29, 0.717) is 12.3 Å². The summed E-state index contributed by atoms with van der Waals surface area (Å²) in [6.07, 6.45) is 8.13. The van der Waals surface area contributed by atoms with E-state index in [-0.39, 0.29) is 24.3 Å².